The molecule has 1 N–H and O–H groups in total. The summed E-state index contributed by atoms with van der Waals surface area (Å²) in [6.45, 7) is 5.90. The maximum absolute atomic E-state index is 11.7. The fraction of sp³-hybridized carbons (Fsp3) is 0.818. The molecule has 1 aliphatic carbocycles. The smallest absolute Gasteiger partial charge is 0.224 e. The van der Waals surface area contributed by atoms with Crippen molar-refractivity contribution in [1.29, 1.82) is 0 Å². The first-order valence-electron chi connectivity index (χ1n) is 5.20. The van der Waals surface area contributed by atoms with Gasteiger partial charge >= 0.3 is 0 Å². The van der Waals surface area contributed by atoms with Crippen molar-refractivity contribution >= 4 is 11.7 Å². The molecule has 0 aromatic rings. The molecule has 1 fully saturated rings. The number of hydrogen-bond acceptors (Lipinski definition) is 2. The summed E-state index contributed by atoms with van der Waals surface area (Å²) in [5.41, 5.74) is 0.0981. The first-order chi connectivity index (χ1) is 6.43. The third-order valence-corrected chi connectivity index (χ3v) is 3.09. The fourth-order valence-electron chi connectivity index (χ4n) is 2.15. The van der Waals surface area contributed by atoms with E-state index in [9.17, 15) is 9.59 Å². The standard InChI is InChI=1S/C11H19NO2/c1-8(13)7-12-10(14)9-5-4-6-11(9,2)3/h9H,4-7H2,1-3H3,(H,12,14). The molecule has 0 heterocycles. The first-order valence-corrected chi connectivity index (χ1v) is 5.20. The maximum Gasteiger partial charge on any atom is 0.224 e. The minimum atomic E-state index is 0.00848. The zero-order valence-electron chi connectivity index (χ0n) is 9.22. The number of rotatable bonds is 3. The molecule has 1 amide bonds. The minimum Gasteiger partial charge on any atom is -0.349 e. The summed E-state index contributed by atoms with van der Waals surface area (Å²) in [5, 5.41) is 2.69. The summed E-state index contributed by atoms with van der Waals surface area (Å²) in [7, 11) is 0. The Balaban J connectivity index is 2.48. The number of nitrogens with one attached hydrogen (secondary N) is 1. The molecule has 0 radical (unpaired) electrons. The van der Waals surface area contributed by atoms with Crippen LogP contribution in [0.3, 0.4) is 0 Å². The Labute approximate surface area is 85.3 Å². The topological polar surface area (TPSA) is 46.2 Å². The SMILES string of the molecule is CC(=O)CNC(=O)C1CCCC1(C)C. The van der Waals surface area contributed by atoms with Crippen molar-refractivity contribution in [3.63, 3.8) is 0 Å². The Kier molecular flexibility index (Phi) is 3.29. The van der Waals surface area contributed by atoms with E-state index in [-0.39, 0.29) is 29.6 Å². The predicted octanol–water partition coefficient (Wildman–Crippen LogP) is 1.52. The predicted molar refractivity (Wildman–Crippen MR) is 54.8 cm³/mol. The molecule has 0 saturated heterocycles. The van der Waals surface area contributed by atoms with Crippen LogP contribution in [0.4, 0.5) is 0 Å². The second kappa shape index (κ2) is 4.11. The second-order valence-electron chi connectivity index (χ2n) is 4.85. The van der Waals surface area contributed by atoms with E-state index in [1.165, 1.54) is 6.92 Å². The van der Waals surface area contributed by atoms with Gasteiger partial charge in [0, 0.05) is 5.92 Å². The molecule has 0 bridgehead atoms. The van der Waals surface area contributed by atoms with E-state index in [1.54, 1.807) is 0 Å². The highest BCUT2D eigenvalue weighted by atomic mass is 16.2. The molecule has 0 aromatic carbocycles. The van der Waals surface area contributed by atoms with Crippen molar-refractivity contribution in [3.05, 3.63) is 0 Å². The van der Waals surface area contributed by atoms with E-state index >= 15 is 0 Å². The average Bonchev–Trinajstić information content (AvgIpc) is 2.41. The normalized spacial score (nSPS) is 24.6. The van der Waals surface area contributed by atoms with Crippen molar-refractivity contribution in [2.75, 3.05) is 6.54 Å². The van der Waals surface area contributed by atoms with Gasteiger partial charge < -0.3 is 5.32 Å². The lowest BCUT2D eigenvalue weighted by atomic mass is 9.81. The summed E-state index contributed by atoms with van der Waals surface area (Å²) in [6, 6.07) is 0. The van der Waals surface area contributed by atoms with E-state index in [1.807, 2.05) is 0 Å². The van der Waals surface area contributed by atoms with Crippen molar-refractivity contribution in [2.24, 2.45) is 11.3 Å². The Morgan fingerprint density at radius 3 is 2.50 bits per heavy atom. The fourth-order valence-corrected chi connectivity index (χ4v) is 2.15. The Bertz CT molecular complexity index is 246. The summed E-state index contributed by atoms with van der Waals surface area (Å²) in [4.78, 5) is 22.4. The van der Waals surface area contributed by atoms with Gasteiger partial charge in [-0.3, -0.25) is 9.59 Å². The highest BCUT2D eigenvalue weighted by molar-refractivity contribution is 5.86. The third kappa shape index (κ3) is 2.56. The van der Waals surface area contributed by atoms with Gasteiger partial charge in [0.2, 0.25) is 5.91 Å². The van der Waals surface area contributed by atoms with Gasteiger partial charge in [0.1, 0.15) is 5.78 Å². The van der Waals surface area contributed by atoms with Gasteiger partial charge in [-0.25, -0.2) is 0 Å². The molecule has 0 aliphatic heterocycles. The summed E-state index contributed by atoms with van der Waals surface area (Å²) >= 11 is 0. The van der Waals surface area contributed by atoms with Crippen molar-refractivity contribution in [1.82, 2.24) is 5.32 Å². The average molecular weight is 197 g/mol. The molecular weight excluding hydrogens is 178 g/mol. The van der Waals surface area contributed by atoms with Crippen LogP contribution in [0, 0.1) is 11.3 Å². The minimum absolute atomic E-state index is 0.00848. The van der Waals surface area contributed by atoms with Crippen LogP contribution >= 0.6 is 0 Å². The molecule has 1 saturated carbocycles. The quantitative estimate of drug-likeness (QED) is 0.745. The zero-order valence-corrected chi connectivity index (χ0v) is 9.22. The maximum atomic E-state index is 11.7. The molecular formula is C11H19NO2. The molecule has 14 heavy (non-hydrogen) atoms. The molecule has 80 valence electrons. The number of carbonyl (C=O) groups excluding carboxylic acids is 2. The molecule has 3 nitrogen and oxygen atoms in total. The second-order valence-corrected chi connectivity index (χ2v) is 4.85. The van der Waals surface area contributed by atoms with Crippen LogP contribution in [0.15, 0.2) is 0 Å². The zero-order chi connectivity index (χ0) is 10.8. The lowest BCUT2D eigenvalue weighted by Crippen LogP contribution is -2.38. The highest BCUT2D eigenvalue weighted by Gasteiger charge is 2.38. The number of amides is 1. The van der Waals surface area contributed by atoms with Gasteiger partial charge in [0.15, 0.2) is 0 Å². The monoisotopic (exact) mass is 197 g/mol. The third-order valence-electron chi connectivity index (χ3n) is 3.09. The molecule has 0 aromatic heterocycles. The van der Waals surface area contributed by atoms with Crippen molar-refractivity contribution in [3.8, 4) is 0 Å². The van der Waals surface area contributed by atoms with Gasteiger partial charge in [0.25, 0.3) is 0 Å². The molecule has 1 unspecified atom stereocenters. The molecule has 1 rings (SSSR count). The molecule has 1 aliphatic rings. The van der Waals surface area contributed by atoms with Crippen molar-refractivity contribution in [2.45, 2.75) is 40.0 Å². The summed E-state index contributed by atoms with van der Waals surface area (Å²) < 4.78 is 0. The van der Waals surface area contributed by atoms with E-state index in [0.29, 0.717) is 0 Å². The lowest BCUT2D eigenvalue weighted by molar-refractivity contribution is -0.129. The van der Waals surface area contributed by atoms with E-state index in [0.717, 1.165) is 19.3 Å². The lowest BCUT2D eigenvalue weighted by Gasteiger charge is -2.25. The molecule has 0 spiro atoms. The van der Waals surface area contributed by atoms with Crippen LogP contribution in [0.2, 0.25) is 0 Å². The molecule has 1 atom stereocenters. The highest BCUT2D eigenvalue weighted by Crippen LogP contribution is 2.42. The van der Waals surface area contributed by atoms with Gasteiger partial charge in [-0.15, -0.1) is 0 Å². The van der Waals surface area contributed by atoms with Crippen LogP contribution in [-0.2, 0) is 9.59 Å². The van der Waals surface area contributed by atoms with E-state index in [2.05, 4.69) is 19.2 Å². The van der Waals surface area contributed by atoms with Crippen LogP contribution in [0.1, 0.15) is 40.0 Å². The largest absolute Gasteiger partial charge is 0.349 e. The summed E-state index contributed by atoms with van der Waals surface area (Å²) in [5.74, 6) is 0.138. The molecule has 3 heteroatoms. The summed E-state index contributed by atoms with van der Waals surface area (Å²) in [6.07, 6.45) is 3.17. The number of Topliss-reactive ketones (excluding diaryl/α,β-unsaturated/α-hetero) is 1. The van der Waals surface area contributed by atoms with E-state index in [4.69, 9.17) is 0 Å². The number of carbonyl (C=O) groups is 2. The number of hydrogen-bond donors (Lipinski definition) is 1. The van der Waals surface area contributed by atoms with Crippen molar-refractivity contribution < 1.29 is 9.59 Å². The Morgan fingerprint density at radius 2 is 2.07 bits per heavy atom. The van der Waals surface area contributed by atoms with Crippen LogP contribution in [-0.4, -0.2) is 18.2 Å². The van der Waals surface area contributed by atoms with Gasteiger partial charge in [-0.1, -0.05) is 20.3 Å². The number of ketones is 1. The Morgan fingerprint density at radius 1 is 1.43 bits per heavy atom. The first kappa shape index (κ1) is 11.2. The van der Waals surface area contributed by atoms with Crippen LogP contribution in [0.25, 0.3) is 0 Å². The van der Waals surface area contributed by atoms with Gasteiger partial charge in [-0.2, -0.15) is 0 Å². The van der Waals surface area contributed by atoms with Gasteiger partial charge in [0.05, 0.1) is 6.54 Å². The van der Waals surface area contributed by atoms with Crippen LogP contribution < -0.4 is 5.32 Å². The van der Waals surface area contributed by atoms with Crippen LogP contribution in [0.5, 0.6) is 0 Å². The van der Waals surface area contributed by atoms with E-state index < -0.39 is 0 Å². The van der Waals surface area contributed by atoms with Gasteiger partial charge in [-0.05, 0) is 25.2 Å². The Hall–Kier alpha value is -0.860.